The van der Waals surface area contributed by atoms with Crippen LogP contribution in [0.3, 0.4) is 0 Å². The van der Waals surface area contributed by atoms with E-state index >= 15 is 0 Å². The monoisotopic (exact) mass is 273 g/mol. The van der Waals surface area contributed by atoms with Gasteiger partial charge in [-0.1, -0.05) is 6.07 Å². The second-order valence-electron chi connectivity index (χ2n) is 5.40. The van der Waals surface area contributed by atoms with Gasteiger partial charge in [0.1, 0.15) is 0 Å². The quantitative estimate of drug-likeness (QED) is 0.848. The number of hydrogen-bond donors (Lipinski definition) is 2. The first-order valence-electron chi connectivity index (χ1n) is 7.12. The van der Waals surface area contributed by atoms with Gasteiger partial charge in [-0.05, 0) is 50.0 Å². The molecule has 2 N–H and O–H groups in total. The van der Waals surface area contributed by atoms with Crippen molar-refractivity contribution in [3.63, 3.8) is 0 Å². The molecule has 0 saturated heterocycles. The molecular weight excluding hydrogens is 250 g/mol. The van der Waals surface area contributed by atoms with Crippen LogP contribution in [0, 0.1) is 0 Å². The Hall–Kier alpha value is -1.81. The van der Waals surface area contributed by atoms with E-state index in [1.807, 2.05) is 20.9 Å². The lowest BCUT2D eigenvalue weighted by molar-refractivity contribution is -0.121. The van der Waals surface area contributed by atoms with Gasteiger partial charge < -0.3 is 15.2 Å². The number of amides is 1. The Morgan fingerprint density at radius 2 is 2.10 bits per heavy atom. The summed E-state index contributed by atoms with van der Waals surface area (Å²) < 4.78 is 2.14. The van der Waals surface area contributed by atoms with E-state index in [9.17, 15) is 4.79 Å². The molecule has 0 saturated carbocycles. The molecule has 0 atom stereocenters. The summed E-state index contributed by atoms with van der Waals surface area (Å²) in [5.74, 6) is 0.105. The van der Waals surface area contributed by atoms with Gasteiger partial charge in [0.05, 0.1) is 0 Å². The molecule has 1 amide bonds. The van der Waals surface area contributed by atoms with Crippen molar-refractivity contribution >= 4 is 16.8 Å². The Balaban J connectivity index is 2.06. The molecule has 108 valence electrons. The van der Waals surface area contributed by atoms with Crippen molar-refractivity contribution < 1.29 is 4.79 Å². The van der Waals surface area contributed by atoms with E-state index in [1.54, 1.807) is 0 Å². The van der Waals surface area contributed by atoms with Gasteiger partial charge in [-0.3, -0.25) is 4.79 Å². The fourth-order valence-corrected chi connectivity index (χ4v) is 2.37. The summed E-state index contributed by atoms with van der Waals surface area (Å²) in [5, 5.41) is 7.30. The van der Waals surface area contributed by atoms with Crippen molar-refractivity contribution in [1.29, 1.82) is 0 Å². The predicted octanol–water partition coefficient (Wildman–Crippen LogP) is 2.28. The first-order chi connectivity index (χ1) is 9.60. The van der Waals surface area contributed by atoms with Gasteiger partial charge in [0.25, 0.3) is 0 Å². The van der Waals surface area contributed by atoms with E-state index in [-0.39, 0.29) is 11.9 Å². The number of fused-ring (bicyclic) bond motifs is 1. The van der Waals surface area contributed by atoms with Crippen LogP contribution in [-0.4, -0.2) is 23.6 Å². The zero-order valence-electron chi connectivity index (χ0n) is 12.4. The van der Waals surface area contributed by atoms with E-state index in [2.05, 4.69) is 45.7 Å². The van der Waals surface area contributed by atoms with Crippen molar-refractivity contribution in [3.8, 4) is 0 Å². The van der Waals surface area contributed by atoms with Gasteiger partial charge in [-0.15, -0.1) is 0 Å². The summed E-state index contributed by atoms with van der Waals surface area (Å²) in [6.07, 6.45) is 2.57. The average molecular weight is 273 g/mol. The molecule has 1 heterocycles. The highest BCUT2D eigenvalue weighted by atomic mass is 16.1. The molecule has 0 aliphatic heterocycles. The van der Waals surface area contributed by atoms with Gasteiger partial charge in [0, 0.05) is 37.3 Å². The maximum atomic E-state index is 11.7. The molecule has 1 aromatic carbocycles. The minimum Gasteiger partial charge on any atom is -0.354 e. The number of benzene rings is 1. The normalized spacial score (nSPS) is 11.2. The first kappa shape index (κ1) is 14.6. The molecule has 4 heteroatoms. The molecule has 0 radical (unpaired) electrons. The number of aromatic nitrogens is 1. The molecule has 2 rings (SSSR count). The number of hydrogen-bond acceptors (Lipinski definition) is 2. The summed E-state index contributed by atoms with van der Waals surface area (Å²) in [5.41, 5.74) is 2.46. The van der Waals surface area contributed by atoms with Gasteiger partial charge >= 0.3 is 0 Å². The maximum Gasteiger partial charge on any atom is 0.221 e. The molecule has 0 unspecified atom stereocenters. The van der Waals surface area contributed by atoms with E-state index in [0.717, 1.165) is 6.54 Å². The van der Waals surface area contributed by atoms with Crippen LogP contribution in [0.1, 0.15) is 25.8 Å². The summed E-state index contributed by atoms with van der Waals surface area (Å²) in [6.45, 7) is 5.55. The van der Waals surface area contributed by atoms with Crippen LogP contribution in [0.15, 0.2) is 30.5 Å². The van der Waals surface area contributed by atoms with Crippen molar-refractivity contribution in [3.05, 3.63) is 36.0 Å². The van der Waals surface area contributed by atoms with Gasteiger partial charge in [0.2, 0.25) is 5.91 Å². The highest BCUT2D eigenvalue weighted by Gasteiger charge is 2.06. The second-order valence-corrected chi connectivity index (χ2v) is 5.40. The number of rotatable bonds is 6. The molecule has 0 fully saturated rings. The lowest BCUT2D eigenvalue weighted by Gasteiger charge is -2.09. The van der Waals surface area contributed by atoms with E-state index in [1.165, 1.54) is 16.5 Å². The zero-order valence-corrected chi connectivity index (χ0v) is 12.4. The summed E-state index contributed by atoms with van der Waals surface area (Å²) in [6, 6.07) is 8.75. The third-order valence-electron chi connectivity index (χ3n) is 3.25. The standard InChI is InChI=1S/C16H23N3O/c1-12(2)18-16(20)7-9-19-8-6-14-10-13(11-17-3)4-5-15(14)19/h4-6,8,10,12,17H,7,9,11H2,1-3H3,(H,18,20). The van der Waals surface area contributed by atoms with Gasteiger partial charge in [-0.2, -0.15) is 0 Å². The van der Waals surface area contributed by atoms with Crippen LogP contribution in [0.2, 0.25) is 0 Å². The molecule has 0 aliphatic carbocycles. The Bertz CT molecular complexity index is 586. The molecule has 2 aromatic rings. The third-order valence-corrected chi connectivity index (χ3v) is 3.25. The number of aryl methyl sites for hydroxylation is 1. The lowest BCUT2D eigenvalue weighted by atomic mass is 10.1. The Morgan fingerprint density at radius 3 is 2.80 bits per heavy atom. The van der Waals surface area contributed by atoms with Crippen LogP contribution in [0.4, 0.5) is 0 Å². The molecule has 1 aromatic heterocycles. The highest BCUT2D eigenvalue weighted by Crippen LogP contribution is 2.18. The second kappa shape index (κ2) is 6.57. The SMILES string of the molecule is CNCc1ccc2c(ccn2CCC(=O)NC(C)C)c1. The molecule has 0 spiro atoms. The third kappa shape index (κ3) is 3.61. The van der Waals surface area contributed by atoms with E-state index < -0.39 is 0 Å². The van der Waals surface area contributed by atoms with E-state index in [4.69, 9.17) is 0 Å². The maximum absolute atomic E-state index is 11.7. The van der Waals surface area contributed by atoms with Crippen LogP contribution >= 0.6 is 0 Å². The van der Waals surface area contributed by atoms with Crippen molar-refractivity contribution in [2.45, 2.75) is 39.4 Å². The average Bonchev–Trinajstić information content (AvgIpc) is 2.78. The van der Waals surface area contributed by atoms with E-state index in [0.29, 0.717) is 13.0 Å². The summed E-state index contributed by atoms with van der Waals surface area (Å²) in [4.78, 5) is 11.7. The summed E-state index contributed by atoms with van der Waals surface area (Å²) >= 11 is 0. The van der Waals surface area contributed by atoms with Crippen molar-refractivity contribution in [2.75, 3.05) is 7.05 Å². The minimum atomic E-state index is 0.105. The number of carbonyl (C=O) groups excluding carboxylic acids is 1. The Labute approximate surface area is 120 Å². The smallest absolute Gasteiger partial charge is 0.221 e. The predicted molar refractivity (Wildman–Crippen MR) is 82.6 cm³/mol. The zero-order chi connectivity index (χ0) is 14.5. The minimum absolute atomic E-state index is 0.105. The van der Waals surface area contributed by atoms with Crippen LogP contribution in [-0.2, 0) is 17.9 Å². The largest absolute Gasteiger partial charge is 0.354 e. The molecular formula is C16H23N3O. The summed E-state index contributed by atoms with van der Waals surface area (Å²) in [7, 11) is 1.95. The number of carbonyl (C=O) groups is 1. The van der Waals surface area contributed by atoms with Gasteiger partial charge in [0.15, 0.2) is 0 Å². The molecule has 0 bridgehead atoms. The lowest BCUT2D eigenvalue weighted by Crippen LogP contribution is -2.30. The Kier molecular flexibility index (Phi) is 4.79. The fraction of sp³-hybridized carbons (Fsp3) is 0.438. The van der Waals surface area contributed by atoms with Crippen LogP contribution < -0.4 is 10.6 Å². The molecule has 4 nitrogen and oxygen atoms in total. The first-order valence-corrected chi connectivity index (χ1v) is 7.12. The highest BCUT2D eigenvalue weighted by molar-refractivity contribution is 5.81. The Morgan fingerprint density at radius 1 is 1.30 bits per heavy atom. The molecule has 20 heavy (non-hydrogen) atoms. The number of nitrogens with zero attached hydrogens (tertiary/aromatic N) is 1. The van der Waals surface area contributed by atoms with Crippen molar-refractivity contribution in [1.82, 2.24) is 15.2 Å². The topological polar surface area (TPSA) is 46.1 Å². The van der Waals surface area contributed by atoms with Crippen LogP contribution in [0.5, 0.6) is 0 Å². The fourth-order valence-electron chi connectivity index (χ4n) is 2.37. The number of nitrogens with one attached hydrogen (secondary N) is 2. The molecule has 0 aliphatic rings. The van der Waals surface area contributed by atoms with Crippen molar-refractivity contribution in [2.24, 2.45) is 0 Å². The van der Waals surface area contributed by atoms with Crippen LogP contribution in [0.25, 0.3) is 10.9 Å². The van der Waals surface area contributed by atoms with Gasteiger partial charge in [-0.25, -0.2) is 0 Å².